The van der Waals surface area contributed by atoms with Gasteiger partial charge in [-0.15, -0.1) is 0 Å². The number of carboxylic acid groups (broad SMARTS) is 1. The van der Waals surface area contributed by atoms with E-state index in [-0.39, 0.29) is 12.0 Å². The van der Waals surface area contributed by atoms with E-state index in [9.17, 15) is 9.59 Å². The van der Waals surface area contributed by atoms with Crippen molar-refractivity contribution < 1.29 is 19.4 Å². The first-order valence-corrected chi connectivity index (χ1v) is 7.77. The van der Waals surface area contributed by atoms with Crippen LogP contribution in [0.3, 0.4) is 0 Å². The number of ether oxygens (including phenoxy) is 1. The van der Waals surface area contributed by atoms with Gasteiger partial charge in [0.15, 0.2) is 0 Å². The van der Waals surface area contributed by atoms with Crippen molar-refractivity contribution in [2.75, 3.05) is 0 Å². The molecule has 1 fully saturated rings. The van der Waals surface area contributed by atoms with Crippen molar-refractivity contribution in [3.8, 4) is 5.75 Å². The number of hydrogen-bond acceptors (Lipinski definition) is 3. The molecule has 5 nitrogen and oxygen atoms in total. The SMILES string of the molecule is CC(C)[C@@H](NC(=O)c1cccc(OC2CCCC2)c1)C(=O)O. The van der Waals surface area contributed by atoms with E-state index in [1.54, 1.807) is 32.0 Å². The van der Waals surface area contributed by atoms with Gasteiger partial charge in [0.05, 0.1) is 6.10 Å². The minimum atomic E-state index is -1.03. The smallest absolute Gasteiger partial charge is 0.326 e. The fraction of sp³-hybridized carbons (Fsp3) is 0.529. The molecule has 5 heteroatoms. The van der Waals surface area contributed by atoms with Crippen LogP contribution in [0, 0.1) is 5.92 Å². The monoisotopic (exact) mass is 305 g/mol. The van der Waals surface area contributed by atoms with Crippen LogP contribution in [0.5, 0.6) is 5.75 Å². The van der Waals surface area contributed by atoms with Crippen molar-refractivity contribution in [3.05, 3.63) is 29.8 Å². The predicted octanol–water partition coefficient (Wildman–Crippen LogP) is 2.85. The second kappa shape index (κ2) is 7.29. The molecule has 0 spiro atoms. The number of carbonyl (C=O) groups is 2. The fourth-order valence-electron chi connectivity index (χ4n) is 2.65. The lowest BCUT2D eigenvalue weighted by Crippen LogP contribution is -2.44. The molecule has 0 heterocycles. The Hall–Kier alpha value is -2.04. The van der Waals surface area contributed by atoms with Gasteiger partial charge < -0.3 is 15.2 Å². The van der Waals surface area contributed by atoms with Crippen LogP contribution >= 0.6 is 0 Å². The highest BCUT2D eigenvalue weighted by atomic mass is 16.5. The summed E-state index contributed by atoms with van der Waals surface area (Å²) in [6.07, 6.45) is 4.68. The van der Waals surface area contributed by atoms with Crippen LogP contribution in [0.4, 0.5) is 0 Å². The average Bonchev–Trinajstić information content (AvgIpc) is 2.97. The van der Waals surface area contributed by atoms with Crippen LogP contribution in [0.2, 0.25) is 0 Å². The highest BCUT2D eigenvalue weighted by molar-refractivity contribution is 5.96. The molecule has 0 aromatic heterocycles. The number of aliphatic carboxylic acids is 1. The molecule has 2 rings (SSSR count). The molecule has 0 saturated heterocycles. The van der Waals surface area contributed by atoms with Gasteiger partial charge in [0, 0.05) is 5.56 Å². The zero-order valence-electron chi connectivity index (χ0n) is 13.0. The van der Waals surface area contributed by atoms with Crippen molar-refractivity contribution >= 4 is 11.9 Å². The summed E-state index contributed by atoms with van der Waals surface area (Å²) in [6.45, 7) is 3.53. The molecular formula is C17H23NO4. The van der Waals surface area contributed by atoms with Crippen LogP contribution in [0.1, 0.15) is 49.9 Å². The molecular weight excluding hydrogens is 282 g/mol. The first-order chi connectivity index (χ1) is 10.5. The van der Waals surface area contributed by atoms with Gasteiger partial charge in [-0.05, 0) is 49.8 Å². The largest absolute Gasteiger partial charge is 0.490 e. The minimum absolute atomic E-state index is 0.181. The number of carboxylic acids is 1. The third kappa shape index (κ3) is 4.23. The normalized spacial score (nSPS) is 16.5. The maximum atomic E-state index is 12.2. The Morgan fingerprint density at radius 3 is 2.55 bits per heavy atom. The molecule has 1 aliphatic carbocycles. The van der Waals surface area contributed by atoms with Crippen molar-refractivity contribution in [1.29, 1.82) is 0 Å². The molecule has 1 aromatic rings. The van der Waals surface area contributed by atoms with Crippen LogP contribution in [0.15, 0.2) is 24.3 Å². The lowest BCUT2D eigenvalue weighted by molar-refractivity contribution is -0.140. The molecule has 1 aliphatic rings. The summed E-state index contributed by atoms with van der Waals surface area (Å²) in [5.41, 5.74) is 0.419. The van der Waals surface area contributed by atoms with Gasteiger partial charge in [0.1, 0.15) is 11.8 Å². The molecule has 0 unspecified atom stereocenters. The summed E-state index contributed by atoms with van der Waals surface area (Å²) in [5, 5.41) is 11.7. The first-order valence-electron chi connectivity index (χ1n) is 7.77. The fourth-order valence-corrected chi connectivity index (χ4v) is 2.65. The number of rotatable bonds is 6. The lowest BCUT2D eigenvalue weighted by Gasteiger charge is -2.18. The van der Waals surface area contributed by atoms with Gasteiger partial charge in [-0.25, -0.2) is 4.79 Å². The zero-order valence-corrected chi connectivity index (χ0v) is 13.0. The molecule has 0 aliphatic heterocycles. The van der Waals surface area contributed by atoms with E-state index >= 15 is 0 Å². The summed E-state index contributed by atoms with van der Waals surface area (Å²) in [7, 11) is 0. The summed E-state index contributed by atoms with van der Waals surface area (Å²) < 4.78 is 5.87. The third-order valence-electron chi connectivity index (χ3n) is 3.92. The average molecular weight is 305 g/mol. The summed E-state index contributed by atoms with van der Waals surface area (Å²) in [4.78, 5) is 23.4. The van der Waals surface area contributed by atoms with Crippen molar-refractivity contribution in [1.82, 2.24) is 5.32 Å². The van der Waals surface area contributed by atoms with Crippen molar-refractivity contribution in [2.45, 2.75) is 51.7 Å². The maximum absolute atomic E-state index is 12.2. The van der Waals surface area contributed by atoms with E-state index in [2.05, 4.69) is 5.32 Å². The van der Waals surface area contributed by atoms with Gasteiger partial charge in [0.2, 0.25) is 0 Å². The van der Waals surface area contributed by atoms with Crippen LogP contribution in [-0.2, 0) is 4.79 Å². The Balaban J connectivity index is 2.04. The topological polar surface area (TPSA) is 75.6 Å². The number of nitrogens with one attached hydrogen (secondary N) is 1. The zero-order chi connectivity index (χ0) is 16.1. The van der Waals surface area contributed by atoms with E-state index in [4.69, 9.17) is 9.84 Å². The Morgan fingerprint density at radius 1 is 1.27 bits per heavy atom. The van der Waals surface area contributed by atoms with E-state index in [1.165, 1.54) is 12.8 Å². The lowest BCUT2D eigenvalue weighted by atomic mass is 10.0. The van der Waals surface area contributed by atoms with Gasteiger partial charge in [-0.3, -0.25) is 4.79 Å². The van der Waals surface area contributed by atoms with Crippen molar-refractivity contribution in [2.24, 2.45) is 5.92 Å². The summed E-state index contributed by atoms with van der Waals surface area (Å²) in [6, 6.07) is 6.02. The molecule has 1 amide bonds. The number of benzene rings is 1. The Bertz CT molecular complexity index is 535. The highest BCUT2D eigenvalue weighted by Crippen LogP contribution is 2.24. The van der Waals surface area contributed by atoms with Crippen LogP contribution in [0.25, 0.3) is 0 Å². The van der Waals surface area contributed by atoms with Gasteiger partial charge in [0.25, 0.3) is 5.91 Å². The highest BCUT2D eigenvalue weighted by Gasteiger charge is 2.24. The molecule has 1 atom stereocenters. The minimum Gasteiger partial charge on any atom is -0.490 e. The number of amides is 1. The van der Waals surface area contributed by atoms with E-state index in [0.717, 1.165) is 12.8 Å². The van der Waals surface area contributed by atoms with Gasteiger partial charge >= 0.3 is 5.97 Å². The number of hydrogen-bond donors (Lipinski definition) is 2. The van der Waals surface area contributed by atoms with Crippen LogP contribution in [-0.4, -0.2) is 29.1 Å². The second-order valence-corrected chi connectivity index (χ2v) is 6.09. The molecule has 0 radical (unpaired) electrons. The Kier molecular flexibility index (Phi) is 5.41. The van der Waals surface area contributed by atoms with Gasteiger partial charge in [-0.2, -0.15) is 0 Å². The number of carbonyl (C=O) groups excluding carboxylic acids is 1. The van der Waals surface area contributed by atoms with Crippen molar-refractivity contribution in [3.63, 3.8) is 0 Å². The van der Waals surface area contributed by atoms with Gasteiger partial charge in [-0.1, -0.05) is 19.9 Å². The standard InChI is InChI=1S/C17H23NO4/c1-11(2)15(17(20)21)18-16(19)12-6-5-9-14(10-12)22-13-7-3-4-8-13/h5-6,9-11,13,15H,3-4,7-8H2,1-2H3,(H,18,19)(H,20,21)/t15-/m1/s1. The molecule has 22 heavy (non-hydrogen) atoms. The summed E-state index contributed by atoms with van der Waals surface area (Å²) in [5.74, 6) is -0.935. The van der Waals surface area contributed by atoms with E-state index in [0.29, 0.717) is 11.3 Å². The van der Waals surface area contributed by atoms with E-state index < -0.39 is 17.9 Å². The second-order valence-electron chi connectivity index (χ2n) is 6.09. The molecule has 0 bridgehead atoms. The Morgan fingerprint density at radius 2 is 1.95 bits per heavy atom. The quantitative estimate of drug-likeness (QED) is 0.847. The molecule has 1 aromatic carbocycles. The third-order valence-corrected chi connectivity index (χ3v) is 3.92. The predicted molar refractivity (Wildman–Crippen MR) is 83.1 cm³/mol. The van der Waals surface area contributed by atoms with E-state index in [1.807, 2.05) is 6.07 Å². The Labute approximate surface area is 130 Å². The summed E-state index contributed by atoms with van der Waals surface area (Å²) >= 11 is 0. The van der Waals surface area contributed by atoms with Crippen LogP contribution < -0.4 is 10.1 Å². The molecule has 120 valence electrons. The molecule has 1 saturated carbocycles. The molecule has 2 N–H and O–H groups in total. The first kappa shape index (κ1) is 16.3. The maximum Gasteiger partial charge on any atom is 0.326 e.